The summed E-state index contributed by atoms with van der Waals surface area (Å²) in [4.78, 5) is 22.0. The molecule has 1 atom stereocenters. The fourth-order valence-corrected chi connectivity index (χ4v) is 1.70. The molecule has 0 radical (unpaired) electrons. The first-order valence-electron chi connectivity index (χ1n) is 5.23. The van der Waals surface area contributed by atoms with Crippen LogP contribution in [0.4, 0.5) is 8.78 Å². The number of carboxylic acid groups (broad SMARTS) is 1. The van der Waals surface area contributed by atoms with E-state index < -0.39 is 29.8 Å². The van der Waals surface area contributed by atoms with Crippen LogP contribution in [-0.4, -0.2) is 28.9 Å². The van der Waals surface area contributed by atoms with Gasteiger partial charge in [0.15, 0.2) is 0 Å². The van der Waals surface area contributed by atoms with Crippen LogP contribution in [0.1, 0.15) is 32.6 Å². The summed E-state index contributed by atoms with van der Waals surface area (Å²) in [7, 11) is 0. The number of amides is 1. The summed E-state index contributed by atoms with van der Waals surface area (Å²) in [5.41, 5.74) is 0. The molecule has 0 aliphatic heterocycles. The normalized spacial score (nSPS) is 22.4. The molecule has 2 N–H and O–H groups in total. The van der Waals surface area contributed by atoms with Gasteiger partial charge in [-0.3, -0.25) is 9.59 Å². The Hall–Kier alpha value is -1.20. The van der Waals surface area contributed by atoms with E-state index in [-0.39, 0.29) is 25.7 Å². The zero-order valence-electron chi connectivity index (χ0n) is 9.00. The maximum absolute atomic E-state index is 12.8. The molecule has 0 aromatic carbocycles. The summed E-state index contributed by atoms with van der Waals surface area (Å²) in [6, 6.07) is -0.977. The van der Waals surface area contributed by atoms with E-state index in [2.05, 4.69) is 5.32 Å². The predicted molar refractivity (Wildman–Crippen MR) is 52.1 cm³/mol. The van der Waals surface area contributed by atoms with Crippen molar-refractivity contribution in [3.63, 3.8) is 0 Å². The van der Waals surface area contributed by atoms with Crippen molar-refractivity contribution in [1.82, 2.24) is 5.32 Å². The lowest BCUT2D eigenvalue weighted by Gasteiger charge is -2.27. The number of aliphatic carboxylic acids is 1. The van der Waals surface area contributed by atoms with Crippen molar-refractivity contribution in [3.8, 4) is 0 Å². The number of carbonyl (C=O) groups excluding carboxylic acids is 1. The van der Waals surface area contributed by atoms with Gasteiger partial charge in [0.2, 0.25) is 11.8 Å². The summed E-state index contributed by atoms with van der Waals surface area (Å²) in [5.74, 6) is -4.73. The van der Waals surface area contributed by atoms with Gasteiger partial charge < -0.3 is 10.4 Å². The van der Waals surface area contributed by atoms with Crippen LogP contribution in [0, 0.1) is 5.92 Å². The second kappa shape index (κ2) is 4.76. The van der Waals surface area contributed by atoms with Crippen LogP contribution in [0.2, 0.25) is 0 Å². The Kier molecular flexibility index (Phi) is 3.83. The average molecular weight is 235 g/mol. The molecule has 4 nitrogen and oxygen atoms in total. The Bertz CT molecular complexity index is 284. The van der Waals surface area contributed by atoms with E-state index in [4.69, 9.17) is 5.11 Å². The number of rotatable bonds is 3. The SMILES string of the molecule is C[C@@H](NC(=O)C1CCC(F)(F)CC1)C(=O)O. The van der Waals surface area contributed by atoms with Gasteiger partial charge in [0.25, 0.3) is 0 Å². The zero-order chi connectivity index (χ0) is 12.3. The molecule has 92 valence electrons. The highest BCUT2D eigenvalue weighted by Crippen LogP contribution is 2.36. The molecule has 1 rings (SSSR count). The molecular formula is C10H15F2NO3. The molecule has 1 aliphatic carbocycles. The summed E-state index contributed by atoms with van der Waals surface area (Å²) in [6.07, 6.45) is -0.366. The number of carbonyl (C=O) groups is 2. The number of halogens is 2. The topological polar surface area (TPSA) is 66.4 Å². The van der Waals surface area contributed by atoms with Crippen LogP contribution in [0.3, 0.4) is 0 Å². The Morgan fingerprint density at radius 1 is 1.38 bits per heavy atom. The van der Waals surface area contributed by atoms with E-state index >= 15 is 0 Å². The number of hydrogen-bond donors (Lipinski definition) is 2. The number of alkyl halides is 2. The van der Waals surface area contributed by atoms with Crippen molar-refractivity contribution in [2.24, 2.45) is 5.92 Å². The lowest BCUT2D eigenvalue weighted by Crippen LogP contribution is -2.43. The molecule has 1 amide bonds. The van der Waals surface area contributed by atoms with Gasteiger partial charge in [-0.25, -0.2) is 8.78 Å². The smallest absolute Gasteiger partial charge is 0.325 e. The first kappa shape index (κ1) is 12.9. The van der Waals surface area contributed by atoms with E-state index in [1.54, 1.807) is 0 Å². The van der Waals surface area contributed by atoms with Crippen LogP contribution in [0.15, 0.2) is 0 Å². The molecule has 0 spiro atoms. The first-order chi connectivity index (χ1) is 7.32. The van der Waals surface area contributed by atoms with E-state index in [0.717, 1.165) is 0 Å². The third kappa shape index (κ3) is 3.43. The number of hydrogen-bond acceptors (Lipinski definition) is 2. The Labute approximate surface area is 92.0 Å². The summed E-state index contributed by atoms with van der Waals surface area (Å²) < 4.78 is 25.6. The lowest BCUT2D eigenvalue weighted by molar-refractivity contribution is -0.142. The Morgan fingerprint density at radius 3 is 2.31 bits per heavy atom. The molecule has 0 bridgehead atoms. The zero-order valence-corrected chi connectivity index (χ0v) is 9.00. The second-order valence-corrected chi connectivity index (χ2v) is 4.20. The molecule has 0 saturated heterocycles. The fraction of sp³-hybridized carbons (Fsp3) is 0.800. The average Bonchev–Trinajstić information content (AvgIpc) is 2.17. The fourth-order valence-electron chi connectivity index (χ4n) is 1.70. The molecule has 0 aromatic rings. The van der Waals surface area contributed by atoms with Crippen LogP contribution in [-0.2, 0) is 9.59 Å². The van der Waals surface area contributed by atoms with Crippen molar-refractivity contribution < 1.29 is 23.5 Å². The van der Waals surface area contributed by atoms with Gasteiger partial charge in [0.1, 0.15) is 6.04 Å². The third-order valence-electron chi connectivity index (χ3n) is 2.82. The molecule has 0 unspecified atom stereocenters. The van der Waals surface area contributed by atoms with Crippen molar-refractivity contribution in [2.75, 3.05) is 0 Å². The molecule has 0 aromatic heterocycles. The van der Waals surface area contributed by atoms with Gasteiger partial charge in [0.05, 0.1) is 0 Å². The van der Waals surface area contributed by atoms with Crippen molar-refractivity contribution >= 4 is 11.9 Å². The van der Waals surface area contributed by atoms with Crippen LogP contribution in [0.25, 0.3) is 0 Å². The van der Waals surface area contributed by atoms with Crippen LogP contribution >= 0.6 is 0 Å². The Balaban J connectivity index is 2.42. The lowest BCUT2D eigenvalue weighted by atomic mass is 9.86. The molecule has 6 heteroatoms. The van der Waals surface area contributed by atoms with Gasteiger partial charge in [-0.1, -0.05) is 0 Å². The van der Waals surface area contributed by atoms with E-state index in [0.29, 0.717) is 0 Å². The standard InChI is InChI=1S/C10H15F2NO3/c1-6(9(15)16)13-8(14)7-2-4-10(11,12)5-3-7/h6-7H,2-5H2,1H3,(H,13,14)(H,15,16)/t6-/m1/s1. The summed E-state index contributed by atoms with van der Waals surface area (Å²) in [5, 5.41) is 10.9. The third-order valence-corrected chi connectivity index (χ3v) is 2.82. The molecular weight excluding hydrogens is 220 g/mol. The van der Waals surface area contributed by atoms with Gasteiger partial charge in [0, 0.05) is 18.8 Å². The van der Waals surface area contributed by atoms with E-state index in [1.807, 2.05) is 0 Å². The minimum atomic E-state index is -2.67. The van der Waals surface area contributed by atoms with Crippen molar-refractivity contribution in [3.05, 3.63) is 0 Å². The summed E-state index contributed by atoms with van der Waals surface area (Å²) >= 11 is 0. The van der Waals surface area contributed by atoms with Gasteiger partial charge in [-0.2, -0.15) is 0 Å². The van der Waals surface area contributed by atoms with Gasteiger partial charge in [-0.15, -0.1) is 0 Å². The summed E-state index contributed by atoms with van der Waals surface area (Å²) in [6.45, 7) is 1.34. The molecule has 16 heavy (non-hydrogen) atoms. The highest BCUT2D eigenvalue weighted by atomic mass is 19.3. The minimum absolute atomic E-state index is 0.116. The van der Waals surface area contributed by atoms with Crippen LogP contribution in [0.5, 0.6) is 0 Å². The molecule has 0 heterocycles. The maximum Gasteiger partial charge on any atom is 0.325 e. The van der Waals surface area contributed by atoms with Gasteiger partial charge >= 0.3 is 5.97 Å². The number of nitrogens with one attached hydrogen (secondary N) is 1. The van der Waals surface area contributed by atoms with Crippen molar-refractivity contribution in [1.29, 1.82) is 0 Å². The largest absolute Gasteiger partial charge is 0.480 e. The van der Waals surface area contributed by atoms with Gasteiger partial charge in [-0.05, 0) is 19.8 Å². The second-order valence-electron chi connectivity index (χ2n) is 4.20. The molecule has 1 fully saturated rings. The highest BCUT2D eigenvalue weighted by Gasteiger charge is 2.37. The maximum atomic E-state index is 12.8. The number of carboxylic acids is 1. The first-order valence-corrected chi connectivity index (χ1v) is 5.23. The van der Waals surface area contributed by atoms with E-state index in [9.17, 15) is 18.4 Å². The quantitative estimate of drug-likeness (QED) is 0.777. The molecule has 1 aliphatic rings. The minimum Gasteiger partial charge on any atom is -0.480 e. The van der Waals surface area contributed by atoms with Crippen molar-refractivity contribution in [2.45, 2.75) is 44.6 Å². The monoisotopic (exact) mass is 235 g/mol. The van der Waals surface area contributed by atoms with Crippen LogP contribution < -0.4 is 5.32 Å². The highest BCUT2D eigenvalue weighted by molar-refractivity contribution is 5.84. The van der Waals surface area contributed by atoms with E-state index in [1.165, 1.54) is 6.92 Å². The predicted octanol–water partition coefficient (Wildman–Crippen LogP) is 1.40. The molecule has 1 saturated carbocycles. The Morgan fingerprint density at radius 2 is 1.88 bits per heavy atom.